The maximum atomic E-state index is 14.3. The van der Waals surface area contributed by atoms with Crippen LogP contribution < -0.4 is 14.2 Å². The van der Waals surface area contributed by atoms with Gasteiger partial charge in [0.15, 0.2) is 17.3 Å². The maximum absolute atomic E-state index is 14.3. The summed E-state index contributed by atoms with van der Waals surface area (Å²) in [4.78, 5) is 33.3. The van der Waals surface area contributed by atoms with Crippen LogP contribution in [0.1, 0.15) is 80.4 Å². The van der Waals surface area contributed by atoms with E-state index in [1.807, 2.05) is 79.7 Å². The Morgan fingerprint density at radius 2 is 1.58 bits per heavy atom. The van der Waals surface area contributed by atoms with Crippen molar-refractivity contribution in [3.05, 3.63) is 101 Å². The number of ether oxygens (including phenoxy) is 4. The lowest BCUT2D eigenvalue weighted by Crippen LogP contribution is -2.39. The number of carbonyl (C=O) groups excluding carboxylic acids is 2. The van der Waals surface area contributed by atoms with E-state index in [-0.39, 0.29) is 23.8 Å². The minimum atomic E-state index is -0.714. The van der Waals surface area contributed by atoms with E-state index in [1.54, 1.807) is 14.2 Å². The molecule has 45 heavy (non-hydrogen) atoms. The number of aliphatic imine (C=N–C) groups is 1. The Kier molecular flexibility index (Phi) is 9.34. The molecule has 3 aliphatic rings. The molecule has 1 fully saturated rings. The third kappa shape index (κ3) is 6.53. The van der Waals surface area contributed by atoms with Gasteiger partial charge in [0.05, 0.1) is 14.2 Å². The van der Waals surface area contributed by atoms with Crippen LogP contribution in [0.2, 0.25) is 0 Å². The van der Waals surface area contributed by atoms with Crippen molar-refractivity contribution in [2.24, 2.45) is 10.9 Å². The van der Waals surface area contributed by atoms with Crippen LogP contribution in [-0.4, -0.2) is 37.8 Å². The SMILES string of the molecule is COc1ccc([C@H]2CC(=O)C3=C(C2)N=C(C)C(C(=O)OC2CCCCC2)[C@@H]3c2ccccc2OCc2ccccc2)cc1OC. The van der Waals surface area contributed by atoms with Crippen molar-refractivity contribution in [2.45, 2.75) is 76.4 Å². The topological polar surface area (TPSA) is 83.4 Å². The molecule has 0 N–H and O–H groups in total. The van der Waals surface area contributed by atoms with Gasteiger partial charge in [-0.05, 0) is 74.3 Å². The van der Waals surface area contributed by atoms with Crippen molar-refractivity contribution in [2.75, 3.05) is 14.2 Å². The molecule has 0 saturated heterocycles. The normalized spacial score (nSPS) is 21.9. The fraction of sp³-hybridized carbons (Fsp3) is 0.395. The van der Waals surface area contributed by atoms with Gasteiger partial charge >= 0.3 is 5.97 Å². The summed E-state index contributed by atoms with van der Waals surface area (Å²) in [6.07, 6.45) is 5.79. The van der Waals surface area contributed by atoms with Crippen LogP contribution in [-0.2, 0) is 20.9 Å². The number of hydrogen-bond donors (Lipinski definition) is 0. The molecule has 7 heteroatoms. The molecule has 6 rings (SSSR count). The summed E-state index contributed by atoms with van der Waals surface area (Å²) in [5, 5.41) is 0. The second kappa shape index (κ2) is 13.7. The van der Waals surface area contributed by atoms with Gasteiger partial charge in [-0.1, -0.05) is 61.0 Å². The van der Waals surface area contributed by atoms with Crippen LogP contribution >= 0.6 is 0 Å². The molecule has 3 atom stereocenters. The Morgan fingerprint density at radius 3 is 2.33 bits per heavy atom. The van der Waals surface area contributed by atoms with E-state index in [9.17, 15) is 9.59 Å². The van der Waals surface area contributed by atoms with E-state index in [0.29, 0.717) is 48.0 Å². The quantitative estimate of drug-likeness (QED) is 0.232. The van der Waals surface area contributed by atoms with E-state index >= 15 is 0 Å². The summed E-state index contributed by atoms with van der Waals surface area (Å²) in [5.41, 5.74) is 4.82. The molecule has 0 spiro atoms. The number of methoxy groups -OCH3 is 2. The van der Waals surface area contributed by atoms with E-state index in [1.165, 1.54) is 6.42 Å². The van der Waals surface area contributed by atoms with Crippen LogP contribution in [0.5, 0.6) is 17.2 Å². The van der Waals surface area contributed by atoms with Crippen molar-refractivity contribution in [3.8, 4) is 17.2 Å². The lowest BCUT2D eigenvalue weighted by molar-refractivity contribution is -0.153. The zero-order valence-electron chi connectivity index (χ0n) is 26.3. The van der Waals surface area contributed by atoms with Crippen LogP contribution in [0.25, 0.3) is 0 Å². The summed E-state index contributed by atoms with van der Waals surface area (Å²) in [6, 6.07) is 23.5. The Balaban J connectivity index is 1.38. The van der Waals surface area contributed by atoms with E-state index in [4.69, 9.17) is 23.9 Å². The standard InChI is InChI=1S/C38H41NO6/c1-24-35(38(41)45-28-14-8-5-9-15-28)36(29-16-10-11-17-32(29)44-23-25-12-6-4-7-13-25)37-30(39-24)20-27(21-31(37)40)26-18-19-33(42-2)34(22-26)43-3/h4,6-7,10-13,16-19,22,27-28,35-36H,5,8-9,14-15,20-21,23H2,1-3H3/t27-,35?,36+/m1/s1. The molecule has 1 saturated carbocycles. The van der Waals surface area contributed by atoms with E-state index in [2.05, 4.69) is 0 Å². The molecule has 1 heterocycles. The predicted octanol–water partition coefficient (Wildman–Crippen LogP) is 7.73. The highest BCUT2D eigenvalue weighted by atomic mass is 16.5. The van der Waals surface area contributed by atoms with Crippen molar-refractivity contribution in [1.82, 2.24) is 0 Å². The molecule has 3 aromatic rings. The van der Waals surface area contributed by atoms with Gasteiger partial charge in [0.2, 0.25) is 0 Å². The number of para-hydroxylation sites is 1. The molecule has 234 valence electrons. The Labute approximate surface area is 265 Å². The van der Waals surface area contributed by atoms with Gasteiger partial charge in [-0.3, -0.25) is 14.6 Å². The largest absolute Gasteiger partial charge is 0.493 e. The average Bonchev–Trinajstić information content (AvgIpc) is 3.07. The fourth-order valence-corrected chi connectivity index (χ4v) is 7.07. The van der Waals surface area contributed by atoms with Crippen molar-refractivity contribution in [1.29, 1.82) is 0 Å². The number of ketones is 1. The molecule has 0 bridgehead atoms. The van der Waals surface area contributed by atoms with Crippen LogP contribution in [0.15, 0.2) is 89.1 Å². The highest BCUT2D eigenvalue weighted by molar-refractivity contribution is 6.09. The lowest BCUT2D eigenvalue weighted by Gasteiger charge is -2.37. The van der Waals surface area contributed by atoms with Gasteiger partial charge < -0.3 is 18.9 Å². The number of rotatable bonds is 9. The lowest BCUT2D eigenvalue weighted by atomic mass is 9.69. The molecule has 2 aliphatic carbocycles. The van der Waals surface area contributed by atoms with Gasteiger partial charge in [-0.25, -0.2) is 0 Å². The number of allylic oxidation sites excluding steroid dienone is 2. The van der Waals surface area contributed by atoms with Crippen LogP contribution in [0.3, 0.4) is 0 Å². The summed E-state index contributed by atoms with van der Waals surface area (Å²) >= 11 is 0. The second-order valence-corrected chi connectivity index (χ2v) is 12.2. The minimum Gasteiger partial charge on any atom is -0.493 e. The zero-order valence-corrected chi connectivity index (χ0v) is 26.3. The smallest absolute Gasteiger partial charge is 0.315 e. The van der Waals surface area contributed by atoms with Crippen molar-refractivity contribution < 1.29 is 28.5 Å². The van der Waals surface area contributed by atoms with Gasteiger partial charge in [-0.15, -0.1) is 0 Å². The first kappa shape index (κ1) is 30.6. The Bertz CT molecular complexity index is 1600. The average molecular weight is 608 g/mol. The van der Waals surface area contributed by atoms with Gasteiger partial charge in [0.1, 0.15) is 24.4 Å². The molecular weight excluding hydrogens is 566 g/mol. The van der Waals surface area contributed by atoms with Gasteiger partial charge in [-0.2, -0.15) is 0 Å². The number of benzene rings is 3. The van der Waals surface area contributed by atoms with Crippen molar-refractivity contribution >= 4 is 17.5 Å². The molecule has 7 nitrogen and oxygen atoms in total. The van der Waals surface area contributed by atoms with Gasteiger partial charge in [0.25, 0.3) is 0 Å². The number of esters is 1. The minimum absolute atomic E-state index is 0.00869. The molecule has 0 radical (unpaired) electrons. The van der Waals surface area contributed by atoms with Crippen LogP contribution in [0, 0.1) is 5.92 Å². The number of hydrogen-bond acceptors (Lipinski definition) is 7. The Hall–Kier alpha value is -4.39. The molecule has 1 aliphatic heterocycles. The first-order valence-electron chi connectivity index (χ1n) is 16.0. The summed E-state index contributed by atoms with van der Waals surface area (Å²) in [5.74, 6) is 0.243. The summed E-state index contributed by atoms with van der Waals surface area (Å²) < 4.78 is 23.5. The Morgan fingerprint density at radius 1 is 0.844 bits per heavy atom. The fourth-order valence-electron chi connectivity index (χ4n) is 7.07. The molecule has 3 aromatic carbocycles. The van der Waals surface area contributed by atoms with Crippen LogP contribution in [0.4, 0.5) is 0 Å². The van der Waals surface area contributed by atoms with E-state index in [0.717, 1.165) is 48.1 Å². The molecule has 0 aromatic heterocycles. The molecular formula is C38H41NO6. The van der Waals surface area contributed by atoms with Crippen molar-refractivity contribution in [3.63, 3.8) is 0 Å². The predicted molar refractivity (Wildman–Crippen MR) is 173 cm³/mol. The maximum Gasteiger partial charge on any atom is 0.315 e. The third-order valence-corrected chi connectivity index (χ3v) is 9.35. The monoisotopic (exact) mass is 607 g/mol. The second-order valence-electron chi connectivity index (χ2n) is 12.2. The first-order chi connectivity index (χ1) is 22.0. The summed E-state index contributed by atoms with van der Waals surface area (Å²) in [6.45, 7) is 2.26. The molecule has 0 amide bonds. The zero-order chi connectivity index (χ0) is 31.3. The molecule has 1 unspecified atom stereocenters. The highest BCUT2D eigenvalue weighted by Gasteiger charge is 2.46. The first-order valence-corrected chi connectivity index (χ1v) is 16.0. The highest BCUT2D eigenvalue weighted by Crippen LogP contribution is 2.49. The number of nitrogens with zero attached hydrogens (tertiary/aromatic N) is 1. The van der Waals surface area contributed by atoms with E-state index < -0.39 is 11.8 Å². The van der Waals surface area contributed by atoms with Gasteiger partial charge in [0, 0.05) is 34.9 Å². The summed E-state index contributed by atoms with van der Waals surface area (Å²) in [7, 11) is 3.22. The number of carbonyl (C=O) groups is 2. The third-order valence-electron chi connectivity index (χ3n) is 9.35. The number of Topliss-reactive ketones (excluding diaryl/α,β-unsaturated/α-hetero) is 1.